The number of benzene rings is 1. The fourth-order valence-corrected chi connectivity index (χ4v) is 1.60. The molecule has 0 atom stereocenters. The molecular weight excluding hydrogens is 245 g/mol. The Morgan fingerprint density at radius 2 is 2.05 bits per heavy atom. The Morgan fingerprint density at radius 3 is 2.79 bits per heavy atom. The fraction of sp³-hybridized carbons (Fsp3) is 0.143. The number of rotatable bonds is 3. The van der Waals surface area contributed by atoms with Crippen LogP contribution in [0.4, 0.5) is 15.0 Å². The highest BCUT2D eigenvalue weighted by atomic mass is 19.1. The van der Waals surface area contributed by atoms with Crippen molar-refractivity contribution in [3.05, 3.63) is 59.5 Å². The highest BCUT2D eigenvalue weighted by Gasteiger charge is 2.03. The first-order chi connectivity index (χ1) is 9.13. The number of urea groups is 1. The van der Waals surface area contributed by atoms with Gasteiger partial charge in [0.1, 0.15) is 11.6 Å². The van der Waals surface area contributed by atoms with Crippen LogP contribution in [0.25, 0.3) is 0 Å². The summed E-state index contributed by atoms with van der Waals surface area (Å²) in [6, 6.07) is 11.1. The fourth-order valence-electron chi connectivity index (χ4n) is 1.60. The number of nitrogens with one attached hydrogen (secondary N) is 2. The summed E-state index contributed by atoms with van der Waals surface area (Å²) in [5.41, 5.74) is 1.52. The van der Waals surface area contributed by atoms with Crippen molar-refractivity contribution in [1.82, 2.24) is 10.3 Å². The summed E-state index contributed by atoms with van der Waals surface area (Å²) in [5, 5.41) is 5.25. The molecule has 0 aliphatic heterocycles. The molecule has 2 rings (SSSR count). The standard InChI is InChI=1S/C14H14FN3O/c1-10-4-2-7-13(17-10)18-14(19)16-9-11-5-3-6-12(15)8-11/h2-8H,9H2,1H3,(H2,16,17,18,19). The second-order valence-corrected chi connectivity index (χ2v) is 4.10. The zero-order valence-electron chi connectivity index (χ0n) is 10.5. The number of amides is 2. The van der Waals surface area contributed by atoms with Gasteiger partial charge in [0.2, 0.25) is 0 Å². The van der Waals surface area contributed by atoms with E-state index in [4.69, 9.17) is 0 Å². The van der Waals surface area contributed by atoms with Crippen LogP contribution in [0, 0.1) is 12.7 Å². The van der Waals surface area contributed by atoms with Crippen molar-refractivity contribution in [3.8, 4) is 0 Å². The topological polar surface area (TPSA) is 54.0 Å². The molecule has 2 amide bonds. The maximum absolute atomic E-state index is 12.9. The Morgan fingerprint density at radius 1 is 1.26 bits per heavy atom. The lowest BCUT2D eigenvalue weighted by molar-refractivity contribution is 0.251. The number of aromatic nitrogens is 1. The van der Waals surface area contributed by atoms with E-state index in [1.165, 1.54) is 12.1 Å². The summed E-state index contributed by atoms with van der Waals surface area (Å²) in [5.74, 6) is 0.164. The monoisotopic (exact) mass is 259 g/mol. The third kappa shape index (κ3) is 4.06. The largest absolute Gasteiger partial charge is 0.334 e. The average molecular weight is 259 g/mol. The quantitative estimate of drug-likeness (QED) is 0.890. The average Bonchev–Trinajstić information content (AvgIpc) is 2.36. The first-order valence-electron chi connectivity index (χ1n) is 5.86. The Balaban J connectivity index is 1.88. The van der Waals surface area contributed by atoms with E-state index in [0.29, 0.717) is 11.4 Å². The summed E-state index contributed by atoms with van der Waals surface area (Å²) in [6.07, 6.45) is 0. The van der Waals surface area contributed by atoms with Crippen LogP contribution in [0.5, 0.6) is 0 Å². The lowest BCUT2D eigenvalue weighted by Crippen LogP contribution is -2.28. The number of aryl methyl sites for hydroxylation is 1. The number of nitrogens with zero attached hydrogens (tertiary/aromatic N) is 1. The van der Waals surface area contributed by atoms with E-state index in [-0.39, 0.29) is 18.4 Å². The molecule has 98 valence electrons. The summed E-state index contributed by atoms with van der Waals surface area (Å²) in [4.78, 5) is 15.8. The van der Waals surface area contributed by atoms with Gasteiger partial charge in [0.15, 0.2) is 0 Å². The van der Waals surface area contributed by atoms with Gasteiger partial charge in [-0.25, -0.2) is 14.2 Å². The van der Waals surface area contributed by atoms with Crippen molar-refractivity contribution in [2.24, 2.45) is 0 Å². The van der Waals surface area contributed by atoms with Gasteiger partial charge in [0, 0.05) is 12.2 Å². The highest BCUT2D eigenvalue weighted by Crippen LogP contribution is 2.05. The molecule has 1 heterocycles. The maximum Gasteiger partial charge on any atom is 0.320 e. The molecule has 0 saturated carbocycles. The first-order valence-corrected chi connectivity index (χ1v) is 5.86. The van der Waals surface area contributed by atoms with Crippen molar-refractivity contribution < 1.29 is 9.18 Å². The number of halogens is 1. The predicted molar refractivity (Wildman–Crippen MR) is 71.2 cm³/mol. The molecule has 0 radical (unpaired) electrons. The van der Waals surface area contributed by atoms with Crippen LogP contribution < -0.4 is 10.6 Å². The number of carbonyl (C=O) groups is 1. The van der Waals surface area contributed by atoms with Crippen molar-refractivity contribution >= 4 is 11.8 Å². The predicted octanol–water partition coefficient (Wildman–Crippen LogP) is 2.85. The molecule has 1 aromatic carbocycles. The van der Waals surface area contributed by atoms with Crippen molar-refractivity contribution in [1.29, 1.82) is 0 Å². The summed E-state index contributed by atoms with van der Waals surface area (Å²) < 4.78 is 12.9. The molecule has 5 heteroatoms. The third-order valence-electron chi connectivity index (χ3n) is 2.47. The van der Waals surface area contributed by atoms with Gasteiger partial charge in [-0.05, 0) is 36.8 Å². The van der Waals surface area contributed by atoms with E-state index in [1.54, 1.807) is 18.2 Å². The van der Waals surface area contributed by atoms with Crippen LogP contribution >= 0.6 is 0 Å². The number of hydrogen-bond donors (Lipinski definition) is 2. The number of carbonyl (C=O) groups excluding carboxylic acids is 1. The van der Waals surface area contributed by atoms with Crippen molar-refractivity contribution in [2.75, 3.05) is 5.32 Å². The molecule has 0 aliphatic carbocycles. The van der Waals surface area contributed by atoms with Gasteiger partial charge in [0.25, 0.3) is 0 Å². The van der Waals surface area contributed by atoms with Crippen LogP contribution in [0.15, 0.2) is 42.5 Å². The Labute approximate surface area is 110 Å². The SMILES string of the molecule is Cc1cccc(NC(=O)NCc2cccc(F)c2)n1. The minimum Gasteiger partial charge on any atom is -0.334 e. The second kappa shape index (κ2) is 5.95. The minimum absolute atomic E-state index is 0.259. The summed E-state index contributed by atoms with van der Waals surface area (Å²) in [6.45, 7) is 2.10. The normalized spacial score (nSPS) is 10.0. The molecule has 0 unspecified atom stereocenters. The van der Waals surface area contributed by atoms with E-state index in [0.717, 1.165) is 5.69 Å². The van der Waals surface area contributed by atoms with Crippen LogP contribution in [0.3, 0.4) is 0 Å². The van der Waals surface area contributed by atoms with Gasteiger partial charge in [-0.2, -0.15) is 0 Å². The van der Waals surface area contributed by atoms with E-state index >= 15 is 0 Å². The van der Waals surface area contributed by atoms with Crippen LogP contribution in [-0.4, -0.2) is 11.0 Å². The zero-order valence-corrected chi connectivity index (χ0v) is 10.5. The van der Waals surface area contributed by atoms with E-state index in [1.807, 2.05) is 19.1 Å². The summed E-state index contributed by atoms with van der Waals surface area (Å²) >= 11 is 0. The Bertz CT molecular complexity index is 586. The second-order valence-electron chi connectivity index (χ2n) is 4.10. The molecule has 0 fully saturated rings. The summed E-state index contributed by atoms with van der Waals surface area (Å²) in [7, 11) is 0. The number of pyridine rings is 1. The lowest BCUT2D eigenvalue weighted by Gasteiger charge is -2.07. The molecule has 0 bridgehead atoms. The van der Waals surface area contributed by atoms with Crippen LogP contribution in [0.1, 0.15) is 11.3 Å². The van der Waals surface area contributed by atoms with Crippen LogP contribution in [0.2, 0.25) is 0 Å². The number of hydrogen-bond acceptors (Lipinski definition) is 2. The molecule has 1 aromatic heterocycles. The van der Waals surface area contributed by atoms with Crippen LogP contribution in [-0.2, 0) is 6.54 Å². The Kier molecular flexibility index (Phi) is 4.07. The van der Waals surface area contributed by atoms with E-state index in [2.05, 4.69) is 15.6 Å². The van der Waals surface area contributed by atoms with Gasteiger partial charge in [-0.15, -0.1) is 0 Å². The van der Waals surface area contributed by atoms with Gasteiger partial charge in [0.05, 0.1) is 0 Å². The smallest absolute Gasteiger partial charge is 0.320 e. The maximum atomic E-state index is 12.9. The lowest BCUT2D eigenvalue weighted by atomic mass is 10.2. The van der Waals surface area contributed by atoms with E-state index in [9.17, 15) is 9.18 Å². The van der Waals surface area contributed by atoms with Crippen molar-refractivity contribution in [2.45, 2.75) is 13.5 Å². The van der Waals surface area contributed by atoms with Gasteiger partial charge < -0.3 is 5.32 Å². The molecule has 2 aromatic rings. The van der Waals surface area contributed by atoms with Gasteiger partial charge in [-0.1, -0.05) is 18.2 Å². The molecular formula is C14H14FN3O. The molecule has 2 N–H and O–H groups in total. The van der Waals surface area contributed by atoms with Crippen molar-refractivity contribution in [3.63, 3.8) is 0 Å². The molecule has 0 spiro atoms. The highest BCUT2D eigenvalue weighted by molar-refractivity contribution is 5.88. The molecule has 0 saturated heterocycles. The molecule has 0 aliphatic rings. The number of anilines is 1. The zero-order chi connectivity index (χ0) is 13.7. The third-order valence-corrected chi connectivity index (χ3v) is 2.47. The minimum atomic E-state index is -0.373. The van der Waals surface area contributed by atoms with Gasteiger partial charge in [-0.3, -0.25) is 5.32 Å². The van der Waals surface area contributed by atoms with Gasteiger partial charge >= 0.3 is 6.03 Å². The Hall–Kier alpha value is -2.43. The van der Waals surface area contributed by atoms with E-state index < -0.39 is 0 Å². The molecule has 19 heavy (non-hydrogen) atoms. The first kappa shape index (κ1) is 13.0. The molecule has 4 nitrogen and oxygen atoms in total.